The highest BCUT2D eigenvalue weighted by atomic mass is 16.5. The molecule has 3 aromatic rings. The van der Waals surface area contributed by atoms with Crippen LogP contribution in [0.5, 0.6) is 11.5 Å². The first-order valence-electron chi connectivity index (χ1n) is 12.3. The maximum atomic E-state index is 13.2. The third-order valence-corrected chi connectivity index (χ3v) is 6.36. The summed E-state index contributed by atoms with van der Waals surface area (Å²) >= 11 is 0. The van der Waals surface area contributed by atoms with Crippen molar-refractivity contribution in [2.24, 2.45) is 0 Å². The third kappa shape index (κ3) is 5.53. The van der Waals surface area contributed by atoms with Crippen molar-refractivity contribution in [1.29, 1.82) is 0 Å². The van der Waals surface area contributed by atoms with Crippen LogP contribution in [0.25, 0.3) is 0 Å². The summed E-state index contributed by atoms with van der Waals surface area (Å²) in [5.41, 5.74) is 5.47. The number of fused-ring (bicyclic) bond motifs is 1. The van der Waals surface area contributed by atoms with E-state index in [2.05, 4.69) is 63.6 Å². The summed E-state index contributed by atoms with van der Waals surface area (Å²) in [5.74, 6) is 1.11. The Labute approximate surface area is 208 Å². The minimum absolute atomic E-state index is 0.0212. The Morgan fingerprint density at radius 3 is 2.40 bits per heavy atom. The van der Waals surface area contributed by atoms with Crippen molar-refractivity contribution >= 4 is 17.3 Å². The largest absolute Gasteiger partial charge is 0.490 e. The fourth-order valence-corrected chi connectivity index (χ4v) is 4.57. The van der Waals surface area contributed by atoms with Crippen molar-refractivity contribution in [3.8, 4) is 11.5 Å². The van der Waals surface area contributed by atoms with E-state index in [0.29, 0.717) is 36.8 Å². The molecule has 0 radical (unpaired) electrons. The number of hydrogen-bond acceptors (Lipinski definition) is 5. The maximum absolute atomic E-state index is 13.2. The van der Waals surface area contributed by atoms with Crippen LogP contribution in [0.4, 0.5) is 11.4 Å². The molecule has 4 rings (SSSR count). The predicted molar refractivity (Wildman–Crippen MR) is 142 cm³/mol. The number of benzene rings is 3. The van der Waals surface area contributed by atoms with Gasteiger partial charge in [-0.2, -0.15) is 0 Å². The van der Waals surface area contributed by atoms with Gasteiger partial charge in [0.2, 0.25) is 0 Å². The molecule has 6 nitrogen and oxygen atoms in total. The lowest BCUT2D eigenvalue weighted by Crippen LogP contribution is -2.37. The molecule has 184 valence electrons. The minimum Gasteiger partial charge on any atom is -0.490 e. The predicted octanol–water partition coefficient (Wildman–Crippen LogP) is 5.08. The second kappa shape index (κ2) is 11.2. The van der Waals surface area contributed by atoms with Gasteiger partial charge < -0.3 is 24.6 Å². The molecule has 1 amide bonds. The van der Waals surface area contributed by atoms with Crippen LogP contribution in [0.1, 0.15) is 41.4 Å². The molecule has 35 heavy (non-hydrogen) atoms. The number of ether oxygens (including phenoxy) is 2. The standard InChI is InChI=1S/C29H35N3O3/c1-5-34-27-16-13-23(19-28(27)35-6-2)29(33)30-20-26(22-11-14-24(15-12-22)31(3)4)32-18-17-21-9-7-8-10-25(21)32/h7-16,19,26H,5-6,17-18,20H2,1-4H3,(H,30,33)/t26-/m0/s1. The summed E-state index contributed by atoms with van der Waals surface area (Å²) in [4.78, 5) is 17.7. The smallest absolute Gasteiger partial charge is 0.251 e. The van der Waals surface area contributed by atoms with E-state index in [0.717, 1.165) is 18.7 Å². The quantitative estimate of drug-likeness (QED) is 0.445. The van der Waals surface area contributed by atoms with Crippen LogP contribution < -0.4 is 24.6 Å². The average molecular weight is 474 g/mol. The van der Waals surface area contributed by atoms with E-state index in [-0.39, 0.29) is 11.9 Å². The van der Waals surface area contributed by atoms with Gasteiger partial charge in [-0.05, 0) is 67.8 Å². The van der Waals surface area contributed by atoms with Crippen molar-refractivity contribution in [3.05, 3.63) is 83.4 Å². The zero-order valence-electron chi connectivity index (χ0n) is 21.1. The number of anilines is 2. The lowest BCUT2D eigenvalue weighted by atomic mass is 10.0. The lowest BCUT2D eigenvalue weighted by Gasteiger charge is -2.31. The molecule has 0 saturated heterocycles. The van der Waals surface area contributed by atoms with E-state index in [1.807, 2.05) is 27.9 Å². The second-order valence-electron chi connectivity index (χ2n) is 8.81. The number of carbonyl (C=O) groups is 1. The molecule has 3 aromatic carbocycles. The molecule has 1 atom stereocenters. The number of nitrogens with one attached hydrogen (secondary N) is 1. The summed E-state index contributed by atoms with van der Waals surface area (Å²) in [6.07, 6.45) is 1.01. The van der Waals surface area contributed by atoms with Crippen molar-refractivity contribution < 1.29 is 14.3 Å². The van der Waals surface area contributed by atoms with Gasteiger partial charge in [-0.25, -0.2) is 0 Å². The molecule has 6 heteroatoms. The molecule has 0 aromatic heterocycles. The van der Waals surface area contributed by atoms with E-state index < -0.39 is 0 Å². The number of carbonyl (C=O) groups excluding carboxylic acids is 1. The van der Waals surface area contributed by atoms with Crippen LogP contribution >= 0.6 is 0 Å². The first kappa shape index (κ1) is 24.5. The number of para-hydroxylation sites is 1. The summed E-state index contributed by atoms with van der Waals surface area (Å²) in [7, 11) is 4.08. The van der Waals surface area contributed by atoms with Gasteiger partial charge in [-0.3, -0.25) is 4.79 Å². The summed E-state index contributed by atoms with van der Waals surface area (Å²) in [6, 6.07) is 22.5. The van der Waals surface area contributed by atoms with Crippen molar-refractivity contribution in [2.75, 3.05) is 50.2 Å². The monoisotopic (exact) mass is 473 g/mol. The molecular weight excluding hydrogens is 438 g/mol. The molecule has 0 bridgehead atoms. The van der Waals surface area contributed by atoms with E-state index in [4.69, 9.17) is 9.47 Å². The Bertz CT molecular complexity index is 1140. The minimum atomic E-state index is -0.128. The molecule has 0 unspecified atom stereocenters. The van der Waals surface area contributed by atoms with Gasteiger partial charge in [0.1, 0.15) is 0 Å². The zero-order valence-corrected chi connectivity index (χ0v) is 21.1. The van der Waals surface area contributed by atoms with Crippen LogP contribution in [-0.4, -0.2) is 46.3 Å². The van der Waals surface area contributed by atoms with Crippen molar-refractivity contribution in [2.45, 2.75) is 26.3 Å². The zero-order chi connectivity index (χ0) is 24.8. The molecule has 1 N–H and O–H groups in total. The van der Waals surface area contributed by atoms with Gasteiger partial charge in [0.05, 0.1) is 19.3 Å². The third-order valence-electron chi connectivity index (χ3n) is 6.36. The SMILES string of the molecule is CCOc1ccc(C(=O)NC[C@@H](c2ccc(N(C)C)cc2)N2CCc3ccccc32)cc1OCC. The Balaban J connectivity index is 1.57. The number of nitrogens with zero attached hydrogens (tertiary/aromatic N) is 2. The summed E-state index contributed by atoms with van der Waals surface area (Å²) < 4.78 is 11.3. The highest BCUT2D eigenvalue weighted by molar-refractivity contribution is 5.95. The second-order valence-corrected chi connectivity index (χ2v) is 8.81. The van der Waals surface area contributed by atoms with Gasteiger partial charge in [0.25, 0.3) is 5.91 Å². The Morgan fingerprint density at radius 1 is 0.971 bits per heavy atom. The normalized spacial score (nSPS) is 13.2. The maximum Gasteiger partial charge on any atom is 0.251 e. The number of rotatable bonds is 10. The van der Waals surface area contributed by atoms with Gasteiger partial charge >= 0.3 is 0 Å². The summed E-state index contributed by atoms with van der Waals surface area (Å²) in [5, 5.41) is 3.18. The number of hydrogen-bond donors (Lipinski definition) is 1. The fraction of sp³-hybridized carbons (Fsp3) is 0.345. The van der Waals surface area contributed by atoms with Crippen LogP contribution in [-0.2, 0) is 6.42 Å². The highest BCUT2D eigenvalue weighted by Gasteiger charge is 2.27. The van der Waals surface area contributed by atoms with Crippen LogP contribution in [0, 0.1) is 0 Å². The van der Waals surface area contributed by atoms with Gasteiger partial charge in [-0.1, -0.05) is 30.3 Å². The van der Waals surface area contributed by atoms with E-state index in [9.17, 15) is 4.79 Å². The topological polar surface area (TPSA) is 54.0 Å². The van der Waals surface area contributed by atoms with Gasteiger partial charge in [0, 0.05) is 44.1 Å². The molecule has 1 aliphatic rings. The summed E-state index contributed by atoms with van der Waals surface area (Å²) in [6.45, 7) is 6.31. The Hall–Kier alpha value is -3.67. The first-order chi connectivity index (χ1) is 17.0. The molecule has 0 aliphatic carbocycles. The van der Waals surface area contributed by atoms with Crippen LogP contribution in [0.15, 0.2) is 66.7 Å². The first-order valence-corrected chi connectivity index (χ1v) is 12.3. The molecule has 1 aliphatic heterocycles. The van der Waals surface area contributed by atoms with Gasteiger partial charge in [0.15, 0.2) is 11.5 Å². The van der Waals surface area contributed by atoms with Gasteiger partial charge in [-0.15, -0.1) is 0 Å². The van der Waals surface area contributed by atoms with Crippen molar-refractivity contribution in [1.82, 2.24) is 5.32 Å². The lowest BCUT2D eigenvalue weighted by molar-refractivity contribution is 0.0950. The molecule has 0 saturated carbocycles. The van der Waals surface area contributed by atoms with E-state index >= 15 is 0 Å². The molecular formula is C29H35N3O3. The van der Waals surface area contributed by atoms with E-state index in [1.165, 1.54) is 16.8 Å². The van der Waals surface area contributed by atoms with Crippen molar-refractivity contribution in [3.63, 3.8) is 0 Å². The Kier molecular flexibility index (Phi) is 7.80. The van der Waals surface area contributed by atoms with Crippen LogP contribution in [0.3, 0.4) is 0 Å². The van der Waals surface area contributed by atoms with Crippen LogP contribution in [0.2, 0.25) is 0 Å². The molecule has 1 heterocycles. The molecule has 0 spiro atoms. The Morgan fingerprint density at radius 2 is 1.69 bits per heavy atom. The average Bonchev–Trinajstić information content (AvgIpc) is 3.30. The highest BCUT2D eigenvalue weighted by Crippen LogP contribution is 2.35. The molecule has 0 fully saturated rings. The van der Waals surface area contributed by atoms with E-state index in [1.54, 1.807) is 18.2 Å². The number of amides is 1. The fourth-order valence-electron chi connectivity index (χ4n) is 4.57.